The highest BCUT2D eigenvalue weighted by Crippen LogP contribution is 2.50. The Labute approximate surface area is 119 Å². The zero-order valence-electron chi connectivity index (χ0n) is 12.2. The molecule has 0 amide bonds. The molecule has 20 heavy (non-hydrogen) atoms. The Balaban J connectivity index is 2.52. The minimum atomic E-state index is -0.821. The number of phenolic OH excluding ortho intramolecular Hbond substituents is 1. The summed E-state index contributed by atoms with van der Waals surface area (Å²) in [7, 11) is 1.51. The Morgan fingerprint density at radius 2 is 2.05 bits per heavy atom. The van der Waals surface area contributed by atoms with E-state index < -0.39 is 5.97 Å². The number of aromatic hydroxyl groups is 1. The fourth-order valence-corrected chi connectivity index (χ4v) is 2.85. The van der Waals surface area contributed by atoms with Gasteiger partial charge in [0.2, 0.25) is 0 Å². The van der Waals surface area contributed by atoms with Gasteiger partial charge in [-0.05, 0) is 36.3 Å². The van der Waals surface area contributed by atoms with Gasteiger partial charge in [0.15, 0.2) is 11.5 Å². The van der Waals surface area contributed by atoms with E-state index in [1.165, 1.54) is 7.11 Å². The summed E-state index contributed by atoms with van der Waals surface area (Å²) in [4.78, 5) is 11.1. The monoisotopic (exact) mass is 278 g/mol. The molecular weight excluding hydrogens is 256 g/mol. The molecular formula is C16H22O4. The molecule has 110 valence electrons. The summed E-state index contributed by atoms with van der Waals surface area (Å²) in [6.07, 6.45) is 2.13. The van der Waals surface area contributed by atoms with E-state index in [2.05, 4.69) is 13.8 Å². The van der Waals surface area contributed by atoms with Crippen LogP contribution in [0, 0.1) is 5.92 Å². The van der Waals surface area contributed by atoms with Gasteiger partial charge in [0, 0.05) is 11.5 Å². The molecule has 1 fully saturated rings. The second-order valence-electron chi connectivity index (χ2n) is 5.82. The third-order valence-electron chi connectivity index (χ3n) is 4.01. The van der Waals surface area contributed by atoms with Gasteiger partial charge in [-0.3, -0.25) is 4.79 Å². The van der Waals surface area contributed by atoms with Crippen molar-refractivity contribution in [1.82, 2.24) is 0 Å². The van der Waals surface area contributed by atoms with Gasteiger partial charge in [-0.15, -0.1) is 0 Å². The normalized spacial score (nSPS) is 16.2. The van der Waals surface area contributed by atoms with Gasteiger partial charge in [0.25, 0.3) is 0 Å². The molecule has 0 saturated heterocycles. The van der Waals surface area contributed by atoms with Gasteiger partial charge in [0.05, 0.1) is 13.5 Å². The Morgan fingerprint density at radius 1 is 1.40 bits per heavy atom. The Hall–Kier alpha value is -1.71. The third-order valence-corrected chi connectivity index (χ3v) is 4.01. The van der Waals surface area contributed by atoms with E-state index in [9.17, 15) is 9.90 Å². The molecule has 0 spiro atoms. The first kappa shape index (κ1) is 14.7. The van der Waals surface area contributed by atoms with Crippen LogP contribution in [0.3, 0.4) is 0 Å². The number of hydrogen-bond donors (Lipinski definition) is 2. The molecule has 0 heterocycles. The molecule has 1 aliphatic rings. The van der Waals surface area contributed by atoms with Crippen molar-refractivity contribution >= 4 is 5.97 Å². The van der Waals surface area contributed by atoms with E-state index in [0.717, 1.165) is 24.0 Å². The first-order chi connectivity index (χ1) is 9.45. The van der Waals surface area contributed by atoms with Crippen molar-refractivity contribution in [2.24, 2.45) is 5.92 Å². The molecule has 1 unspecified atom stereocenters. The minimum absolute atomic E-state index is 0.0606. The molecule has 2 N–H and O–H groups in total. The van der Waals surface area contributed by atoms with Crippen LogP contribution in [0.25, 0.3) is 0 Å². The van der Waals surface area contributed by atoms with Crippen LogP contribution in [-0.2, 0) is 4.79 Å². The molecule has 1 aromatic carbocycles. The maximum Gasteiger partial charge on any atom is 0.303 e. The number of methoxy groups -OCH3 is 1. The van der Waals surface area contributed by atoms with Gasteiger partial charge in [0.1, 0.15) is 0 Å². The molecule has 0 aliphatic heterocycles. The molecule has 0 radical (unpaired) electrons. The molecule has 2 rings (SSSR count). The Morgan fingerprint density at radius 3 is 2.50 bits per heavy atom. The first-order valence-corrected chi connectivity index (χ1v) is 7.07. The maximum absolute atomic E-state index is 11.1. The second-order valence-corrected chi connectivity index (χ2v) is 5.82. The van der Waals surface area contributed by atoms with Crippen LogP contribution >= 0.6 is 0 Å². The lowest BCUT2D eigenvalue weighted by Crippen LogP contribution is -2.12. The zero-order valence-corrected chi connectivity index (χ0v) is 12.2. The number of ether oxygens (including phenoxy) is 1. The number of aliphatic carboxylic acids is 1. The van der Waals surface area contributed by atoms with E-state index in [0.29, 0.717) is 11.7 Å². The van der Waals surface area contributed by atoms with Crippen molar-refractivity contribution in [2.75, 3.05) is 7.11 Å². The standard InChI is InChI=1S/C16H22O4/c1-9(2)11-6-7-13(20-3)16(19)15(11)12(8-14(17)18)10-4-5-10/h6-7,9-10,12,19H,4-5,8H2,1-3H3,(H,17,18). The van der Waals surface area contributed by atoms with E-state index in [4.69, 9.17) is 9.84 Å². The summed E-state index contributed by atoms with van der Waals surface area (Å²) in [6.45, 7) is 4.10. The van der Waals surface area contributed by atoms with Crippen LogP contribution in [0.5, 0.6) is 11.5 Å². The van der Waals surface area contributed by atoms with Crippen LogP contribution in [0.2, 0.25) is 0 Å². The first-order valence-electron chi connectivity index (χ1n) is 7.07. The van der Waals surface area contributed by atoms with Crippen molar-refractivity contribution in [3.8, 4) is 11.5 Å². The smallest absolute Gasteiger partial charge is 0.303 e. The number of carboxylic acids is 1. The van der Waals surface area contributed by atoms with E-state index in [-0.39, 0.29) is 24.0 Å². The fourth-order valence-electron chi connectivity index (χ4n) is 2.85. The van der Waals surface area contributed by atoms with Crippen LogP contribution in [0.4, 0.5) is 0 Å². The summed E-state index contributed by atoms with van der Waals surface area (Å²) in [5.41, 5.74) is 1.78. The average molecular weight is 278 g/mol. The number of benzene rings is 1. The molecule has 1 aliphatic carbocycles. The van der Waals surface area contributed by atoms with E-state index >= 15 is 0 Å². The Bertz CT molecular complexity index is 503. The van der Waals surface area contributed by atoms with Crippen molar-refractivity contribution in [3.05, 3.63) is 23.3 Å². The lowest BCUT2D eigenvalue weighted by molar-refractivity contribution is -0.137. The zero-order chi connectivity index (χ0) is 14.9. The maximum atomic E-state index is 11.1. The molecule has 1 atom stereocenters. The summed E-state index contributed by atoms with van der Waals surface area (Å²) < 4.78 is 5.18. The highest BCUT2D eigenvalue weighted by Gasteiger charge is 2.37. The summed E-state index contributed by atoms with van der Waals surface area (Å²) in [5.74, 6) is 0.176. The number of carbonyl (C=O) groups is 1. The predicted octanol–water partition coefficient (Wildman–Crippen LogP) is 3.49. The number of phenols is 1. The van der Waals surface area contributed by atoms with Crippen molar-refractivity contribution in [3.63, 3.8) is 0 Å². The van der Waals surface area contributed by atoms with Crippen LogP contribution < -0.4 is 4.74 Å². The topological polar surface area (TPSA) is 66.8 Å². The summed E-state index contributed by atoms with van der Waals surface area (Å²) in [5, 5.41) is 19.6. The van der Waals surface area contributed by atoms with Gasteiger partial charge in [-0.1, -0.05) is 19.9 Å². The van der Waals surface area contributed by atoms with Crippen molar-refractivity contribution in [1.29, 1.82) is 0 Å². The van der Waals surface area contributed by atoms with Gasteiger partial charge < -0.3 is 14.9 Å². The van der Waals surface area contributed by atoms with E-state index in [1.807, 2.05) is 6.07 Å². The molecule has 1 aromatic rings. The van der Waals surface area contributed by atoms with Crippen LogP contribution in [-0.4, -0.2) is 23.3 Å². The Kier molecular flexibility index (Phi) is 4.21. The average Bonchev–Trinajstić information content (AvgIpc) is 3.19. The quantitative estimate of drug-likeness (QED) is 0.836. The number of rotatable bonds is 6. The summed E-state index contributed by atoms with van der Waals surface area (Å²) >= 11 is 0. The lowest BCUT2D eigenvalue weighted by Gasteiger charge is -2.23. The lowest BCUT2D eigenvalue weighted by atomic mass is 9.83. The highest BCUT2D eigenvalue weighted by atomic mass is 16.5. The molecule has 1 saturated carbocycles. The molecule has 4 heteroatoms. The van der Waals surface area contributed by atoms with Gasteiger partial charge in [-0.2, -0.15) is 0 Å². The van der Waals surface area contributed by atoms with Gasteiger partial charge in [-0.25, -0.2) is 0 Å². The number of hydrogen-bond acceptors (Lipinski definition) is 3. The SMILES string of the molecule is COc1ccc(C(C)C)c(C(CC(=O)O)C2CC2)c1O. The number of carboxylic acid groups (broad SMARTS) is 1. The highest BCUT2D eigenvalue weighted by molar-refractivity contribution is 5.69. The van der Waals surface area contributed by atoms with Crippen LogP contribution in [0.15, 0.2) is 12.1 Å². The summed E-state index contributed by atoms with van der Waals surface area (Å²) in [6, 6.07) is 3.69. The van der Waals surface area contributed by atoms with Crippen LogP contribution in [0.1, 0.15) is 56.1 Å². The van der Waals surface area contributed by atoms with Gasteiger partial charge >= 0.3 is 5.97 Å². The largest absolute Gasteiger partial charge is 0.504 e. The molecule has 0 bridgehead atoms. The van der Waals surface area contributed by atoms with E-state index in [1.54, 1.807) is 6.07 Å². The predicted molar refractivity (Wildman–Crippen MR) is 76.5 cm³/mol. The third kappa shape index (κ3) is 2.89. The second kappa shape index (κ2) is 5.73. The van der Waals surface area contributed by atoms with Crippen molar-refractivity contribution in [2.45, 2.75) is 44.9 Å². The molecule has 0 aromatic heterocycles. The minimum Gasteiger partial charge on any atom is -0.504 e. The van der Waals surface area contributed by atoms with Crippen molar-refractivity contribution < 1.29 is 19.7 Å². The fraction of sp³-hybridized carbons (Fsp3) is 0.562. The molecule has 4 nitrogen and oxygen atoms in total.